The average molecular weight is 394 g/mol. The van der Waals surface area contributed by atoms with Gasteiger partial charge in [-0.05, 0) is 43.0 Å². The number of piperazine rings is 1. The monoisotopic (exact) mass is 393 g/mol. The average Bonchev–Trinajstić information content (AvgIpc) is 2.77. The number of hydrogen-bond donors (Lipinski definition) is 1. The van der Waals surface area contributed by atoms with Crippen LogP contribution in [-0.2, 0) is 6.54 Å². The molecule has 1 N–H and O–H groups in total. The van der Waals surface area contributed by atoms with Gasteiger partial charge >= 0.3 is 6.09 Å². The summed E-state index contributed by atoms with van der Waals surface area (Å²) in [7, 11) is 0. The molecule has 2 heterocycles. The second-order valence-corrected chi connectivity index (χ2v) is 8.26. The van der Waals surface area contributed by atoms with E-state index in [4.69, 9.17) is 0 Å². The maximum atomic E-state index is 11.3. The van der Waals surface area contributed by atoms with Crippen LogP contribution in [0.3, 0.4) is 0 Å². The highest BCUT2D eigenvalue weighted by Gasteiger charge is 2.34. The van der Waals surface area contributed by atoms with Crippen LogP contribution in [-0.4, -0.2) is 65.2 Å². The molecule has 0 aromatic heterocycles. The molecule has 2 aliphatic rings. The molecule has 0 bridgehead atoms. The van der Waals surface area contributed by atoms with E-state index in [1.165, 1.54) is 24.0 Å². The Morgan fingerprint density at radius 1 is 0.862 bits per heavy atom. The van der Waals surface area contributed by atoms with Gasteiger partial charge in [-0.2, -0.15) is 0 Å². The molecule has 2 saturated heterocycles. The summed E-state index contributed by atoms with van der Waals surface area (Å²) in [6, 6.07) is 21.9. The van der Waals surface area contributed by atoms with Crippen molar-refractivity contribution in [2.75, 3.05) is 39.3 Å². The quantitative estimate of drug-likeness (QED) is 0.836. The smallest absolute Gasteiger partial charge is 0.407 e. The van der Waals surface area contributed by atoms with Crippen LogP contribution >= 0.6 is 0 Å². The molecule has 0 spiro atoms. The van der Waals surface area contributed by atoms with Crippen molar-refractivity contribution in [1.29, 1.82) is 0 Å². The summed E-state index contributed by atoms with van der Waals surface area (Å²) in [6.45, 7) is 6.11. The summed E-state index contributed by atoms with van der Waals surface area (Å²) in [5.41, 5.74) is 2.76. The first-order valence-corrected chi connectivity index (χ1v) is 10.7. The van der Waals surface area contributed by atoms with Crippen molar-refractivity contribution in [3.05, 3.63) is 71.8 Å². The van der Waals surface area contributed by atoms with Gasteiger partial charge in [-0.15, -0.1) is 0 Å². The first-order chi connectivity index (χ1) is 14.2. The Balaban J connectivity index is 1.42. The van der Waals surface area contributed by atoms with Crippen molar-refractivity contribution in [2.24, 2.45) is 5.92 Å². The fourth-order valence-electron chi connectivity index (χ4n) is 4.89. The second-order valence-electron chi connectivity index (χ2n) is 8.26. The molecule has 2 aromatic carbocycles. The van der Waals surface area contributed by atoms with Crippen molar-refractivity contribution >= 4 is 6.09 Å². The lowest BCUT2D eigenvalue weighted by atomic mass is 9.84. The lowest BCUT2D eigenvalue weighted by Crippen LogP contribution is -2.51. The van der Waals surface area contributed by atoms with Crippen molar-refractivity contribution in [2.45, 2.75) is 25.4 Å². The summed E-state index contributed by atoms with van der Waals surface area (Å²) >= 11 is 0. The predicted octanol–water partition coefficient (Wildman–Crippen LogP) is 3.94. The van der Waals surface area contributed by atoms with Gasteiger partial charge in [-0.25, -0.2) is 4.79 Å². The van der Waals surface area contributed by atoms with E-state index in [1.54, 1.807) is 4.90 Å². The Morgan fingerprint density at radius 3 is 2.03 bits per heavy atom. The van der Waals surface area contributed by atoms with E-state index in [-0.39, 0.29) is 0 Å². The molecule has 5 nitrogen and oxygen atoms in total. The molecule has 1 atom stereocenters. The Kier molecular flexibility index (Phi) is 6.47. The van der Waals surface area contributed by atoms with E-state index in [0.717, 1.165) is 32.7 Å². The summed E-state index contributed by atoms with van der Waals surface area (Å²) in [4.78, 5) is 17.9. The van der Waals surface area contributed by atoms with Crippen LogP contribution in [0.5, 0.6) is 0 Å². The van der Waals surface area contributed by atoms with Crippen LogP contribution < -0.4 is 0 Å². The third-order valence-corrected chi connectivity index (χ3v) is 6.45. The van der Waals surface area contributed by atoms with Crippen LogP contribution in [0.15, 0.2) is 60.7 Å². The van der Waals surface area contributed by atoms with Crippen molar-refractivity contribution in [3.8, 4) is 0 Å². The standard InChI is InChI=1S/C24H31N3O2/c28-24(29)27-17-15-26(16-18-27)23(21-9-5-2-6-10-21)22-11-13-25(14-12-22)19-20-7-3-1-4-8-20/h1-10,22-23H,11-19H2,(H,28,29). The highest BCUT2D eigenvalue weighted by atomic mass is 16.4. The Hall–Kier alpha value is -2.37. The largest absolute Gasteiger partial charge is 0.465 e. The Bertz CT molecular complexity index is 767. The predicted molar refractivity (Wildman–Crippen MR) is 115 cm³/mol. The zero-order valence-corrected chi connectivity index (χ0v) is 17.0. The van der Waals surface area contributed by atoms with Crippen LogP contribution in [0.1, 0.15) is 30.0 Å². The minimum atomic E-state index is -0.796. The van der Waals surface area contributed by atoms with E-state index < -0.39 is 6.09 Å². The third kappa shape index (κ3) is 4.98. The number of nitrogens with zero attached hydrogens (tertiary/aromatic N) is 3. The van der Waals surface area contributed by atoms with Gasteiger partial charge in [0.05, 0.1) is 0 Å². The Labute approximate surface area is 173 Å². The van der Waals surface area contributed by atoms with E-state index in [1.807, 2.05) is 0 Å². The maximum absolute atomic E-state index is 11.3. The second kappa shape index (κ2) is 9.42. The SMILES string of the molecule is O=C(O)N1CCN(C(c2ccccc2)C2CCN(Cc3ccccc3)CC2)CC1. The van der Waals surface area contributed by atoms with Gasteiger partial charge in [0.2, 0.25) is 0 Å². The van der Waals surface area contributed by atoms with Crippen molar-refractivity contribution in [1.82, 2.24) is 14.7 Å². The first-order valence-electron chi connectivity index (χ1n) is 10.7. The number of rotatable bonds is 5. The van der Waals surface area contributed by atoms with Gasteiger partial charge in [0.15, 0.2) is 0 Å². The minimum absolute atomic E-state index is 0.381. The topological polar surface area (TPSA) is 47.0 Å². The molecule has 0 saturated carbocycles. The Morgan fingerprint density at radius 2 is 1.45 bits per heavy atom. The fraction of sp³-hybridized carbons (Fsp3) is 0.458. The molecule has 2 aliphatic heterocycles. The molecule has 4 rings (SSSR count). The van der Waals surface area contributed by atoms with Crippen LogP contribution in [0, 0.1) is 5.92 Å². The molecule has 2 fully saturated rings. The summed E-state index contributed by atoms with van der Waals surface area (Å²) in [6.07, 6.45) is 1.58. The fourth-order valence-corrected chi connectivity index (χ4v) is 4.89. The van der Waals surface area contributed by atoms with Gasteiger partial charge in [0.25, 0.3) is 0 Å². The summed E-state index contributed by atoms with van der Waals surface area (Å²) < 4.78 is 0. The summed E-state index contributed by atoms with van der Waals surface area (Å²) in [5.74, 6) is 0.612. The highest BCUT2D eigenvalue weighted by molar-refractivity contribution is 5.65. The molecule has 154 valence electrons. The number of amides is 1. The van der Waals surface area contributed by atoms with Crippen molar-refractivity contribution in [3.63, 3.8) is 0 Å². The van der Waals surface area contributed by atoms with Gasteiger partial charge in [-0.1, -0.05) is 60.7 Å². The third-order valence-electron chi connectivity index (χ3n) is 6.45. The van der Waals surface area contributed by atoms with Gasteiger partial charge < -0.3 is 10.0 Å². The molecule has 29 heavy (non-hydrogen) atoms. The van der Waals surface area contributed by atoms with Gasteiger partial charge in [0, 0.05) is 38.8 Å². The molecular formula is C24H31N3O2. The number of carboxylic acid groups (broad SMARTS) is 1. The number of piperidine rings is 1. The zero-order valence-electron chi connectivity index (χ0n) is 17.0. The number of likely N-dealkylation sites (tertiary alicyclic amines) is 1. The van der Waals surface area contributed by atoms with E-state index in [2.05, 4.69) is 70.5 Å². The molecule has 0 radical (unpaired) electrons. The summed E-state index contributed by atoms with van der Waals surface area (Å²) in [5, 5.41) is 9.28. The van der Waals surface area contributed by atoms with E-state index in [9.17, 15) is 9.90 Å². The molecule has 1 amide bonds. The molecule has 2 aromatic rings. The molecule has 0 aliphatic carbocycles. The van der Waals surface area contributed by atoms with E-state index >= 15 is 0 Å². The lowest BCUT2D eigenvalue weighted by Gasteiger charge is -2.44. The minimum Gasteiger partial charge on any atom is -0.465 e. The first kappa shape index (κ1) is 19.9. The highest BCUT2D eigenvalue weighted by Crippen LogP contribution is 2.36. The normalized spacial score (nSPS) is 20.5. The molecule has 1 unspecified atom stereocenters. The number of carbonyl (C=O) groups is 1. The maximum Gasteiger partial charge on any atom is 0.407 e. The van der Waals surface area contributed by atoms with Gasteiger partial charge in [0.1, 0.15) is 0 Å². The lowest BCUT2D eigenvalue weighted by molar-refractivity contribution is 0.0440. The van der Waals surface area contributed by atoms with Crippen LogP contribution in [0.25, 0.3) is 0 Å². The van der Waals surface area contributed by atoms with E-state index in [0.29, 0.717) is 25.0 Å². The van der Waals surface area contributed by atoms with Gasteiger partial charge in [-0.3, -0.25) is 9.80 Å². The molecular weight excluding hydrogens is 362 g/mol. The van der Waals surface area contributed by atoms with Crippen molar-refractivity contribution < 1.29 is 9.90 Å². The zero-order chi connectivity index (χ0) is 20.1. The molecule has 5 heteroatoms. The van der Waals surface area contributed by atoms with Crippen LogP contribution in [0.4, 0.5) is 4.79 Å². The number of benzene rings is 2. The number of hydrogen-bond acceptors (Lipinski definition) is 3. The van der Waals surface area contributed by atoms with Crippen LogP contribution in [0.2, 0.25) is 0 Å².